The van der Waals surface area contributed by atoms with Crippen LogP contribution in [0.15, 0.2) is 91.0 Å². The van der Waals surface area contributed by atoms with Gasteiger partial charge in [-0.2, -0.15) is 11.8 Å². The summed E-state index contributed by atoms with van der Waals surface area (Å²) in [6, 6.07) is 21.7. The largest absolute Gasteiger partial charge is 0.347 e. The van der Waals surface area contributed by atoms with Gasteiger partial charge in [0.1, 0.15) is 24.2 Å². The Morgan fingerprint density at radius 2 is 1.10 bits per heavy atom. The molecule has 1 saturated heterocycles. The summed E-state index contributed by atoms with van der Waals surface area (Å²) in [6.07, 6.45) is 7.37. The molecule has 0 spiro atoms. The lowest BCUT2D eigenvalue weighted by Gasteiger charge is -2.42. The van der Waals surface area contributed by atoms with Gasteiger partial charge in [0.25, 0.3) is 11.8 Å². The molecule has 4 aromatic rings. The average molecular weight is 1140 g/mol. The maximum atomic E-state index is 15.0. The number of fused-ring (bicyclic) bond motifs is 3. The first-order valence-electron chi connectivity index (χ1n) is 28.7. The Morgan fingerprint density at radius 3 is 1.63 bits per heavy atom. The lowest BCUT2D eigenvalue weighted by atomic mass is 9.85. The van der Waals surface area contributed by atoms with Crippen molar-refractivity contribution in [3.05, 3.63) is 136 Å². The van der Waals surface area contributed by atoms with Crippen molar-refractivity contribution < 1.29 is 38.4 Å². The van der Waals surface area contributed by atoms with E-state index in [0.29, 0.717) is 5.69 Å². The van der Waals surface area contributed by atoms with E-state index < -0.39 is 76.1 Å². The summed E-state index contributed by atoms with van der Waals surface area (Å²) in [5, 5.41) is 24.3. The number of thioether (sulfide) groups is 1. The molecule has 9 atom stereocenters. The van der Waals surface area contributed by atoms with Gasteiger partial charge in [0.15, 0.2) is 0 Å². The molecule has 2 aliphatic heterocycles. The van der Waals surface area contributed by atoms with Gasteiger partial charge in [-0.05, 0) is 168 Å². The first-order valence-corrected chi connectivity index (χ1v) is 30.0. The predicted molar refractivity (Wildman–Crippen MR) is 319 cm³/mol. The summed E-state index contributed by atoms with van der Waals surface area (Å²) in [4.78, 5) is 116. The third-order valence-corrected chi connectivity index (χ3v) is 18.3. The highest BCUT2D eigenvalue weighted by molar-refractivity contribution is 8.00. The minimum absolute atomic E-state index is 0.0212. The first-order chi connectivity index (χ1) is 39.0. The van der Waals surface area contributed by atoms with Crippen LogP contribution in [0.3, 0.4) is 0 Å². The maximum Gasteiger partial charge on any atom is 0.255 e. The molecular formula is C63H82N10O8S. The lowest BCUT2D eigenvalue weighted by molar-refractivity contribution is -0.145. The molecule has 438 valence electrons. The molecule has 1 fully saturated rings. The molecule has 82 heavy (non-hydrogen) atoms. The number of carbonyl (C=O) groups is 8. The molecule has 2 aliphatic carbocycles. The number of nitrogens with zero attached hydrogens (tertiary/aromatic N) is 2. The van der Waals surface area contributed by atoms with Crippen molar-refractivity contribution in [2.45, 2.75) is 166 Å². The van der Waals surface area contributed by atoms with Crippen molar-refractivity contribution in [1.82, 2.24) is 47.0 Å². The van der Waals surface area contributed by atoms with Crippen LogP contribution in [0.2, 0.25) is 0 Å². The average Bonchev–Trinajstić information content (AvgIpc) is 3.92. The fraction of sp³-hybridized carbons (Fsp3) is 0.492. The van der Waals surface area contributed by atoms with Crippen molar-refractivity contribution in [2.75, 3.05) is 32.2 Å². The molecule has 19 heteroatoms. The molecule has 4 aromatic carbocycles. The van der Waals surface area contributed by atoms with E-state index in [4.69, 9.17) is 0 Å². The monoisotopic (exact) mass is 1140 g/mol. The van der Waals surface area contributed by atoms with E-state index in [9.17, 15) is 33.6 Å². The fourth-order valence-electron chi connectivity index (χ4n) is 11.6. The van der Waals surface area contributed by atoms with Gasteiger partial charge in [0.05, 0.1) is 24.2 Å². The van der Waals surface area contributed by atoms with Crippen molar-refractivity contribution in [3.8, 4) is 0 Å². The number of hydrogen-bond acceptors (Lipinski definition) is 11. The Morgan fingerprint density at radius 1 is 0.585 bits per heavy atom. The third-order valence-electron chi connectivity index (χ3n) is 17.0. The van der Waals surface area contributed by atoms with Gasteiger partial charge in [-0.1, -0.05) is 75.4 Å². The highest BCUT2D eigenvalue weighted by atomic mass is 32.2. The minimum Gasteiger partial charge on any atom is -0.347 e. The lowest BCUT2D eigenvalue weighted by Crippen LogP contribution is -2.63. The van der Waals surface area contributed by atoms with Crippen molar-refractivity contribution in [3.63, 3.8) is 0 Å². The van der Waals surface area contributed by atoms with Gasteiger partial charge in [-0.3, -0.25) is 38.4 Å². The van der Waals surface area contributed by atoms with E-state index in [-0.39, 0.29) is 72.8 Å². The zero-order valence-corrected chi connectivity index (χ0v) is 49.8. The summed E-state index contributed by atoms with van der Waals surface area (Å²) < 4.78 is -0.764. The van der Waals surface area contributed by atoms with Gasteiger partial charge in [0, 0.05) is 47.1 Å². The quantitative estimate of drug-likeness (QED) is 0.0606. The molecule has 0 saturated carbocycles. The molecule has 8 amide bonds. The normalized spacial score (nSPS) is 21.0. The van der Waals surface area contributed by atoms with Crippen LogP contribution in [0.5, 0.6) is 0 Å². The van der Waals surface area contributed by atoms with E-state index in [1.807, 2.05) is 83.3 Å². The van der Waals surface area contributed by atoms with Crippen LogP contribution in [-0.4, -0.2) is 131 Å². The molecule has 0 aromatic heterocycles. The third kappa shape index (κ3) is 13.9. The van der Waals surface area contributed by atoms with Crippen molar-refractivity contribution >= 4 is 64.7 Å². The fourth-order valence-corrected chi connectivity index (χ4v) is 12.0. The number of anilines is 1. The molecule has 2 heterocycles. The number of likely N-dealkylation sites (N-methyl/N-ethyl adjacent to an activating group) is 2. The predicted octanol–water partition coefficient (Wildman–Crippen LogP) is 5.65. The van der Waals surface area contributed by atoms with E-state index in [2.05, 4.69) is 54.7 Å². The summed E-state index contributed by atoms with van der Waals surface area (Å²) in [5.74, 6) is -3.07. The molecule has 0 radical (unpaired) electrons. The Hall–Kier alpha value is -7.09. The van der Waals surface area contributed by atoms with E-state index in [1.54, 1.807) is 57.1 Å². The molecule has 8 N–H and O–H groups in total. The second-order valence-electron chi connectivity index (χ2n) is 24.0. The second kappa shape index (κ2) is 26.0. The highest BCUT2D eigenvalue weighted by Crippen LogP contribution is 2.36. The number of rotatable bonds is 18. The van der Waals surface area contributed by atoms with E-state index in [1.165, 1.54) is 39.9 Å². The molecule has 18 nitrogen and oxygen atoms in total. The zero-order chi connectivity index (χ0) is 59.2. The Labute approximate surface area is 486 Å². The Kier molecular flexibility index (Phi) is 19.3. The second-order valence-corrected chi connectivity index (χ2v) is 25.5. The minimum atomic E-state index is -0.990. The zero-order valence-electron chi connectivity index (χ0n) is 49.0. The number of nitrogens with one attached hydrogen (secondary N) is 8. The van der Waals surface area contributed by atoms with Crippen LogP contribution in [0.1, 0.15) is 147 Å². The van der Waals surface area contributed by atoms with Gasteiger partial charge < -0.3 is 52.3 Å². The summed E-state index contributed by atoms with van der Waals surface area (Å²) in [7, 11) is 3.33. The van der Waals surface area contributed by atoms with E-state index in [0.717, 1.165) is 60.8 Å². The number of carbonyl (C=O) groups excluding carboxylic acids is 8. The molecule has 4 aliphatic rings. The van der Waals surface area contributed by atoms with Crippen LogP contribution in [0.25, 0.3) is 0 Å². The topological polar surface area (TPSA) is 239 Å². The van der Waals surface area contributed by atoms with Gasteiger partial charge in [0.2, 0.25) is 35.4 Å². The van der Waals surface area contributed by atoms with Crippen LogP contribution in [0, 0.1) is 5.41 Å². The molecular weight excluding hydrogens is 1060 g/mol. The summed E-state index contributed by atoms with van der Waals surface area (Å²) in [5.41, 5.74) is 6.29. The summed E-state index contributed by atoms with van der Waals surface area (Å²) in [6.45, 7) is 12.8. The van der Waals surface area contributed by atoms with Crippen LogP contribution < -0.4 is 42.5 Å². The number of benzene rings is 4. The van der Waals surface area contributed by atoms with Crippen molar-refractivity contribution in [1.29, 1.82) is 0 Å². The first kappa shape index (κ1) is 61.0. The van der Waals surface area contributed by atoms with E-state index >= 15 is 4.79 Å². The van der Waals surface area contributed by atoms with Gasteiger partial charge >= 0.3 is 0 Å². The van der Waals surface area contributed by atoms with Gasteiger partial charge in [-0.25, -0.2) is 0 Å². The smallest absolute Gasteiger partial charge is 0.255 e. The maximum absolute atomic E-state index is 15.0. The number of hydrogen-bond donors (Lipinski definition) is 8. The SMILES string of the molecule is CN[C@@H](C)C(=O)N[C@H](C(=O)N1C[C@@H](NC(=O)c2ccc(C(=O)Nc3ccc4c(c3)CN(C(=O)[C@@H](NC(=O)[C@H](C)NC)C(C)(C)SC)[C@H](C(=O)N[C@@H]3CCCc5ccccc53)C4)cc2)C[C@H]1C(=O)N[C@@H]1CCCc2ccccc21)C(C)(C)C. The van der Waals surface area contributed by atoms with Crippen LogP contribution >= 0.6 is 11.8 Å². The number of aryl methyl sites for hydroxylation is 2. The van der Waals surface area contributed by atoms with Crippen molar-refractivity contribution in [2.24, 2.45) is 5.41 Å². The highest BCUT2D eigenvalue weighted by Gasteiger charge is 2.47. The number of amides is 8. The Balaban J connectivity index is 0.978. The number of likely N-dealkylation sites (tertiary alicyclic amines) is 1. The van der Waals surface area contributed by atoms with Crippen LogP contribution in [0.4, 0.5) is 5.69 Å². The standard InChI is InChI=1S/C63H82N10O8S/c1-36(64-8)54(74)70-52(62(3,4)5)60(80)73-35-45(33-51(73)59(79)69-49-24-16-20-39-18-12-14-22-47(39)49)67-57(77)41-27-25-40(26-28-41)56(76)66-44-30-29-42-32-50(58(78)68-48-23-15-19-38-17-11-13-21-46(38)48)72(34-43(42)31-44)61(81)53(63(6,7)82-10)71-55(75)37(2)65-9/h11-14,17-18,21-22,25-31,36-37,45,48-53,64-65H,15-16,19-20,23-24,32-35H2,1-10H3,(H,66,76)(H,67,77)(H,68,78)(H,69,79)(H,70,74)(H,71,75)/t36-,37-,45-,48+,49+,50-,51-,52+,53+/m0/s1. The van der Waals surface area contributed by atoms with Crippen LogP contribution in [-0.2, 0) is 54.6 Å². The molecule has 0 unspecified atom stereocenters. The summed E-state index contributed by atoms with van der Waals surface area (Å²) >= 11 is 1.44. The Bertz CT molecular complexity index is 3050. The van der Waals surface area contributed by atoms with Gasteiger partial charge in [-0.15, -0.1) is 0 Å². The molecule has 0 bridgehead atoms. The molecule has 8 rings (SSSR count).